The van der Waals surface area contributed by atoms with Crippen LogP contribution in [-0.4, -0.2) is 19.5 Å². The zero-order chi connectivity index (χ0) is 39.3. The number of hydrogen-bond donors (Lipinski definition) is 0. The highest BCUT2D eigenvalue weighted by Crippen LogP contribution is 2.46. The number of hydrogen-bond acceptors (Lipinski definition) is 4. The fourth-order valence-electron chi connectivity index (χ4n) is 9.51. The molecule has 0 radical (unpaired) electrons. The van der Waals surface area contributed by atoms with E-state index in [0.717, 1.165) is 49.4 Å². The van der Waals surface area contributed by atoms with Crippen molar-refractivity contribution < 1.29 is 0 Å². The molecule has 3 aromatic heterocycles. The molecule has 0 N–H and O–H groups in total. The summed E-state index contributed by atoms with van der Waals surface area (Å²) >= 11 is 1.86. The molecule has 60 heavy (non-hydrogen) atoms. The Bertz CT molecular complexity index is 3900. The summed E-state index contributed by atoms with van der Waals surface area (Å²) in [6.45, 7) is 0. The van der Waals surface area contributed by atoms with E-state index in [2.05, 4.69) is 180 Å². The highest BCUT2D eigenvalue weighted by atomic mass is 32.1. The van der Waals surface area contributed by atoms with Crippen LogP contribution in [0, 0.1) is 0 Å². The third-order valence-electron chi connectivity index (χ3n) is 12.2. The Morgan fingerprint density at radius 1 is 0.333 bits per heavy atom. The van der Waals surface area contributed by atoms with Crippen molar-refractivity contribution in [3.8, 4) is 39.9 Å². The van der Waals surface area contributed by atoms with Crippen LogP contribution in [0.2, 0.25) is 0 Å². The zero-order valence-corrected chi connectivity index (χ0v) is 33.0. The van der Waals surface area contributed by atoms with Crippen LogP contribution >= 0.6 is 11.3 Å². The van der Waals surface area contributed by atoms with Crippen molar-refractivity contribution in [3.63, 3.8) is 0 Å². The van der Waals surface area contributed by atoms with Gasteiger partial charge in [0, 0.05) is 53.0 Å². The molecule has 4 nitrogen and oxygen atoms in total. The Morgan fingerprint density at radius 2 is 0.950 bits per heavy atom. The summed E-state index contributed by atoms with van der Waals surface area (Å²) in [5.74, 6) is 1.83. The van der Waals surface area contributed by atoms with Crippen molar-refractivity contribution in [1.29, 1.82) is 0 Å². The van der Waals surface area contributed by atoms with Crippen LogP contribution in [0.3, 0.4) is 0 Å². The summed E-state index contributed by atoms with van der Waals surface area (Å²) in [5, 5.41) is 14.5. The molecular weight excluding hydrogens is 749 g/mol. The molecule has 0 atom stereocenters. The number of para-hydroxylation sites is 1. The molecule has 0 aliphatic heterocycles. The number of benzene rings is 10. The molecular formula is C55H32N4S. The molecule has 0 spiro atoms. The second-order valence-electron chi connectivity index (χ2n) is 15.5. The number of thiophene rings is 1. The van der Waals surface area contributed by atoms with Crippen LogP contribution in [0.1, 0.15) is 0 Å². The van der Waals surface area contributed by atoms with Crippen LogP contribution in [0.4, 0.5) is 0 Å². The molecule has 0 bridgehead atoms. The highest BCUT2D eigenvalue weighted by molar-refractivity contribution is 7.26. The minimum Gasteiger partial charge on any atom is -0.277 e. The molecule has 0 saturated heterocycles. The molecule has 0 fully saturated rings. The lowest BCUT2D eigenvalue weighted by Crippen LogP contribution is -2.07. The van der Waals surface area contributed by atoms with E-state index >= 15 is 0 Å². The Morgan fingerprint density at radius 3 is 1.78 bits per heavy atom. The highest BCUT2D eigenvalue weighted by Gasteiger charge is 2.24. The molecule has 13 rings (SSSR count). The third-order valence-corrected chi connectivity index (χ3v) is 13.3. The van der Waals surface area contributed by atoms with Crippen molar-refractivity contribution >= 4 is 96.4 Å². The van der Waals surface area contributed by atoms with Crippen molar-refractivity contribution in [2.24, 2.45) is 0 Å². The Kier molecular flexibility index (Phi) is 7.14. The van der Waals surface area contributed by atoms with Gasteiger partial charge in [-0.2, -0.15) is 9.97 Å². The smallest absolute Gasteiger partial charge is 0.238 e. The second kappa shape index (κ2) is 12.9. The van der Waals surface area contributed by atoms with Crippen LogP contribution in [-0.2, 0) is 0 Å². The van der Waals surface area contributed by atoms with Gasteiger partial charge in [-0.25, -0.2) is 4.98 Å². The SMILES string of the molecule is c1ccc(-c2nc(-c3ccc4ccccc4c3)nc(-n3c4c(-c5ccc6sc7ccc8ccccc8c7c6c5)cccc4c4c5ccccc5c5ccccc5c43)n2)cc1. The molecule has 5 heteroatoms. The van der Waals surface area contributed by atoms with Gasteiger partial charge >= 0.3 is 0 Å². The van der Waals surface area contributed by atoms with E-state index in [0.29, 0.717) is 17.6 Å². The van der Waals surface area contributed by atoms with E-state index in [1.807, 2.05) is 29.5 Å². The van der Waals surface area contributed by atoms with Gasteiger partial charge in [0.15, 0.2) is 11.6 Å². The molecule has 0 aliphatic carbocycles. The standard InChI is InChI=1S/C55H32N4S/c1-2-15-35(16-3-1)53-56-54(38-26-25-33-13-4-5-17-36(33)31-38)58-55(57-53)59-51-40(37-28-29-47-46(32-37)49-39-18-7-6-14-34(39)27-30-48(49)60-47)23-12-24-45(51)50-43-21-10-8-19-41(43)42-20-9-11-22-44(42)52(50)59/h1-32H. The minimum atomic E-state index is 0.577. The van der Waals surface area contributed by atoms with Gasteiger partial charge in [0.25, 0.3) is 0 Å². The maximum absolute atomic E-state index is 5.46. The van der Waals surface area contributed by atoms with Gasteiger partial charge < -0.3 is 0 Å². The molecule has 0 amide bonds. The van der Waals surface area contributed by atoms with E-state index < -0.39 is 0 Å². The van der Waals surface area contributed by atoms with Crippen molar-refractivity contribution in [2.45, 2.75) is 0 Å². The Balaban J connectivity index is 1.19. The Hall–Kier alpha value is -7.73. The fourth-order valence-corrected chi connectivity index (χ4v) is 10.6. The van der Waals surface area contributed by atoms with Crippen molar-refractivity contribution in [1.82, 2.24) is 19.5 Å². The van der Waals surface area contributed by atoms with E-state index in [1.54, 1.807) is 0 Å². The number of nitrogens with zero attached hydrogens (tertiary/aromatic N) is 4. The van der Waals surface area contributed by atoms with Crippen LogP contribution in [0.15, 0.2) is 194 Å². The predicted octanol–water partition coefficient (Wildman–Crippen LogP) is 15.0. The summed E-state index contributed by atoms with van der Waals surface area (Å²) < 4.78 is 4.91. The van der Waals surface area contributed by atoms with Crippen molar-refractivity contribution in [3.05, 3.63) is 194 Å². The molecule has 278 valence electrons. The quantitative estimate of drug-likeness (QED) is 0.167. The molecule has 0 aliphatic rings. The number of aromatic nitrogens is 4. The minimum absolute atomic E-state index is 0.577. The number of fused-ring (bicyclic) bond motifs is 14. The lowest BCUT2D eigenvalue weighted by Gasteiger charge is -2.14. The van der Waals surface area contributed by atoms with Gasteiger partial charge in [-0.05, 0) is 67.5 Å². The summed E-state index contributed by atoms with van der Waals surface area (Å²) in [6.07, 6.45) is 0. The van der Waals surface area contributed by atoms with E-state index in [-0.39, 0.29) is 0 Å². The Labute approximate surface area is 348 Å². The van der Waals surface area contributed by atoms with Crippen LogP contribution < -0.4 is 0 Å². The fraction of sp³-hybridized carbons (Fsp3) is 0. The van der Waals surface area contributed by atoms with Crippen LogP contribution in [0.25, 0.3) is 125 Å². The monoisotopic (exact) mass is 780 g/mol. The van der Waals surface area contributed by atoms with E-state index in [9.17, 15) is 0 Å². The first kappa shape index (κ1) is 33.3. The van der Waals surface area contributed by atoms with Gasteiger partial charge in [-0.1, -0.05) is 170 Å². The lowest BCUT2D eigenvalue weighted by atomic mass is 9.95. The summed E-state index contributed by atoms with van der Waals surface area (Å²) in [5.41, 5.74) is 6.27. The first-order chi connectivity index (χ1) is 29.7. The summed E-state index contributed by atoms with van der Waals surface area (Å²) in [4.78, 5) is 16.1. The topological polar surface area (TPSA) is 43.6 Å². The normalized spacial score (nSPS) is 12.0. The lowest BCUT2D eigenvalue weighted by molar-refractivity contribution is 0.956. The molecule has 10 aromatic carbocycles. The van der Waals surface area contributed by atoms with Gasteiger partial charge in [-0.15, -0.1) is 11.3 Å². The number of rotatable bonds is 4. The van der Waals surface area contributed by atoms with Gasteiger partial charge in [-0.3, -0.25) is 4.57 Å². The molecule has 0 saturated carbocycles. The molecule has 3 heterocycles. The van der Waals surface area contributed by atoms with Gasteiger partial charge in [0.1, 0.15) is 0 Å². The summed E-state index contributed by atoms with van der Waals surface area (Å²) in [6, 6.07) is 69.7. The zero-order valence-electron chi connectivity index (χ0n) is 32.2. The second-order valence-corrected chi connectivity index (χ2v) is 16.6. The average molecular weight is 781 g/mol. The van der Waals surface area contributed by atoms with E-state index in [4.69, 9.17) is 15.0 Å². The average Bonchev–Trinajstić information content (AvgIpc) is 3.88. The third kappa shape index (κ3) is 4.93. The van der Waals surface area contributed by atoms with Gasteiger partial charge in [0.05, 0.1) is 11.0 Å². The first-order valence-electron chi connectivity index (χ1n) is 20.3. The van der Waals surface area contributed by atoms with Crippen LogP contribution in [0.5, 0.6) is 0 Å². The van der Waals surface area contributed by atoms with E-state index in [1.165, 1.54) is 57.9 Å². The maximum Gasteiger partial charge on any atom is 0.238 e. The first-order valence-corrected chi connectivity index (χ1v) is 21.1. The largest absolute Gasteiger partial charge is 0.277 e. The molecule has 13 aromatic rings. The summed E-state index contributed by atoms with van der Waals surface area (Å²) in [7, 11) is 0. The predicted molar refractivity (Wildman–Crippen MR) is 253 cm³/mol. The molecule has 0 unspecified atom stereocenters. The maximum atomic E-state index is 5.46. The van der Waals surface area contributed by atoms with Crippen molar-refractivity contribution in [2.75, 3.05) is 0 Å². The van der Waals surface area contributed by atoms with Gasteiger partial charge in [0.2, 0.25) is 5.95 Å².